The zero-order valence-corrected chi connectivity index (χ0v) is 23.3. The average Bonchev–Trinajstić information content (AvgIpc) is 3.20. The summed E-state index contributed by atoms with van der Waals surface area (Å²) in [7, 11) is 0. The van der Waals surface area contributed by atoms with Crippen molar-refractivity contribution in [1.82, 2.24) is 0 Å². The van der Waals surface area contributed by atoms with Gasteiger partial charge in [0.05, 0.1) is 12.2 Å². The number of hydrogen-bond acceptors (Lipinski definition) is 4. The number of hydrogen-bond donors (Lipinski definition) is 2. The van der Waals surface area contributed by atoms with Crippen molar-refractivity contribution in [3.8, 4) is 0 Å². The summed E-state index contributed by atoms with van der Waals surface area (Å²) in [6.07, 6.45) is 13.8. The minimum absolute atomic E-state index is 0.0285. The van der Waals surface area contributed by atoms with Gasteiger partial charge in [-0.1, -0.05) is 34.1 Å². The number of carbonyl (C=O) groups is 1. The Labute approximate surface area is 219 Å². The van der Waals surface area contributed by atoms with E-state index in [1.165, 1.54) is 38.5 Å². The van der Waals surface area contributed by atoms with Gasteiger partial charge in [0.15, 0.2) is 6.29 Å². The van der Waals surface area contributed by atoms with E-state index in [0.717, 1.165) is 45.1 Å². The Morgan fingerprint density at radius 1 is 1.06 bits per heavy atom. The van der Waals surface area contributed by atoms with E-state index in [0.29, 0.717) is 41.4 Å². The topological polar surface area (TPSA) is 76.0 Å². The van der Waals surface area contributed by atoms with E-state index in [1.54, 1.807) is 0 Å². The zero-order chi connectivity index (χ0) is 25.7. The van der Waals surface area contributed by atoms with Gasteiger partial charge in [-0.25, -0.2) is 0 Å². The van der Waals surface area contributed by atoms with Crippen molar-refractivity contribution in [1.29, 1.82) is 0 Å². The summed E-state index contributed by atoms with van der Waals surface area (Å²) >= 11 is 0. The second kappa shape index (κ2) is 10.5. The highest BCUT2D eigenvalue weighted by atomic mass is 16.7. The first-order chi connectivity index (χ1) is 17.2. The van der Waals surface area contributed by atoms with Crippen LogP contribution in [0.25, 0.3) is 0 Å². The summed E-state index contributed by atoms with van der Waals surface area (Å²) in [4.78, 5) is 11.2. The van der Waals surface area contributed by atoms with Crippen molar-refractivity contribution in [2.24, 2.45) is 52.3 Å². The third-order valence-corrected chi connectivity index (χ3v) is 12.4. The molecule has 0 radical (unpaired) electrons. The molecule has 1 saturated heterocycles. The fourth-order valence-electron chi connectivity index (χ4n) is 10.8. The molecule has 1 aliphatic heterocycles. The van der Waals surface area contributed by atoms with E-state index in [1.807, 2.05) is 0 Å². The minimum atomic E-state index is -0.673. The predicted octanol–water partition coefficient (Wildman–Crippen LogP) is 6.66. The first-order valence-electron chi connectivity index (χ1n) is 15.4. The van der Waals surface area contributed by atoms with Gasteiger partial charge in [0.2, 0.25) is 0 Å². The van der Waals surface area contributed by atoms with Crippen LogP contribution in [0, 0.1) is 52.3 Å². The van der Waals surface area contributed by atoms with Gasteiger partial charge >= 0.3 is 5.97 Å². The first-order valence-corrected chi connectivity index (χ1v) is 15.4. The van der Waals surface area contributed by atoms with Gasteiger partial charge in [0.1, 0.15) is 0 Å². The summed E-state index contributed by atoms with van der Waals surface area (Å²) in [5.41, 5.74) is 0.373. The molecular weight excluding hydrogens is 452 g/mol. The SMILES string of the molecule is CC[C@H]1[C@@H](O)C2C(CC[C@@]3(C)C2CCC3[C@H](C)CCC(=O)O)C2CC[C@@H](OC3CCCCO3)C[C@]21C. The Morgan fingerprint density at radius 2 is 1.83 bits per heavy atom. The third-order valence-electron chi connectivity index (χ3n) is 12.4. The molecule has 0 aromatic carbocycles. The summed E-state index contributed by atoms with van der Waals surface area (Å²) in [6, 6.07) is 0. The van der Waals surface area contributed by atoms with Crippen molar-refractivity contribution in [2.75, 3.05) is 6.61 Å². The van der Waals surface area contributed by atoms with Crippen LogP contribution < -0.4 is 0 Å². The Kier molecular flexibility index (Phi) is 7.85. The van der Waals surface area contributed by atoms with Crippen LogP contribution in [0.4, 0.5) is 0 Å². The highest BCUT2D eigenvalue weighted by Gasteiger charge is 2.64. The highest BCUT2D eigenvalue weighted by molar-refractivity contribution is 5.66. The Morgan fingerprint density at radius 3 is 2.53 bits per heavy atom. The normalized spacial score (nSPS) is 49.5. The molecule has 5 fully saturated rings. The molecule has 0 bridgehead atoms. The molecule has 12 atom stereocenters. The van der Waals surface area contributed by atoms with Crippen molar-refractivity contribution in [2.45, 2.75) is 130 Å². The van der Waals surface area contributed by atoms with Crippen LogP contribution in [0.15, 0.2) is 0 Å². The average molecular weight is 505 g/mol. The number of fused-ring (bicyclic) bond motifs is 5. The fourth-order valence-corrected chi connectivity index (χ4v) is 10.8. The largest absolute Gasteiger partial charge is 0.481 e. The van der Waals surface area contributed by atoms with Gasteiger partial charge < -0.3 is 19.7 Å². The van der Waals surface area contributed by atoms with E-state index in [2.05, 4.69) is 27.7 Å². The van der Waals surface area contributed by atoms with Gasteiger partial charge in [0.25, 0.3) is 0 Å². The quantitative estimate of drug-likeness (QED) is 0.379. The zero-order valence-electron chi connectivity index (χ0n) is 23.3. The highest BCUT2D eigenvalue weighted by Crippen LogP contribution is 2.69. The maximum atomic E-state index is 12.1. The smallest absolute Gasteiger partial charge is 0.303 e. The summed E-state index contributed by atoms with van der Waals surface area (Å²) in [6.45, 7) is 10.4. The molecule has 2 N–H and O–H groups in total. The second-order valence-corrected chi connectivity index (χ2v) is 13.9. The van der Waals surface area contributed by atoms with Crippen LogP contribution in [-0.4, -0.2) is 41.3 Å². The van der Waals surface area contributed by atoms with E-state index in [-0.39, 0.29) is 35.7 Å². The van der Waals surface area contributed by atoms with Gasteiger partial charge in [-0.2, -0.15) is 0 Å². The van der Waals surface area contributed by atoms with Crippen LogP contribution in [0.2, 0.25) is 0 Å². The molecule has 6 unspecified atom stereocenters. The lowest BCUT2D eigenvalue weighted by Gasteiger charge is -2.64. The van der Waals surface area contributed by atoms with E-state index in [9.17, 15) is 15.0 Å². The van der Waals surface area contributed by atoms with Crippen molar-refractivity contribution in [3.63, 3.8) is 0 Å². The lowest BCUT2D eigenvalue weighted by Crippen LogP contribution is -2.62. The molecule has 1 heterocycles. The van der Waals surface area contributed by atoms with Crippen LogP contribution in [0.1, 0.15) is 111 Å². The minimum Gasteiger partial charge on any atom is -0.481 e. The van der Waals surface area contributed by atoms with Gasteiger partial charge in [-0.3, -0.25) is 4.79 Å². The molecule has 36 heavy (non-hydrogen) atoms. The maximum absolute atomic E-state index is 12.1. The van der Waals surface area contributed by atoms with E-state index >= 15 is 0 Å². The number of carboxylic acids is 1. The molecule has 206 valence electrons. The molecule has 5 aliphatic rings. The number of carboxylic acid groups (broad SMARTS) is 1. The number of aliphatic carboxylic acids is 1. The molecule has 0 amide bonds. The lowest BCUT2D eigenvalue weighted by atomic mass is 9.42. The van der Waals surface area contributed by atoms with E-state index in [4.69, 9.17) is 9.47 Å². The molecular formula is C31H52O5. The predicted molar refractivity (Wildman–Crippen MR) is 140 cm³/mol. The number of aliphatic hydroxyl groups is 1. The fraction of sp³-hybridized carbons (Fsp3) is 0.968. The molecule has 5 rings (SSSR count). The number of rotatable bonds is 7. The van der Waals surface area contributed by atoms with Gasteiger partial charge in [0, 0.05) is 13.0 Å². The monoisotopic (exact) mass is 504 g/mol. The Bertz CT molecular complexity index is 779. The Hall–Kier alpha value is -0.650. The lowest BCUT2D eigenvalue weighted by molar-refractivity contribution is -0.236. The summed E-state index contributed by atoms with van der Waals surface area (Å²) in [5, 5.41) is 21.3. The first kappa shape index (κ1) is 26.9. The van der Waals surface area contributed by atoms with Crippen molar-refractivity contribution < 1.29 is 24.5 Å². The third kappa shape index (κ3) is 4.57. The summed E-state index contributed by atoms with van der Waals surface area (Å²) in [5.74, 6) is 2.95. The van der Waals surface area contributed by atoms with E-state index < -0.39 is 5.97 Å². The van der Waals surface area contributed by atoms with Crippen LogP contribution in [-0.2, 0) is 14.3 Å². The molecule has 5 nitrogen and oxygen atoms in total. The second-order valence-electron chi connectivity index (χ2n) is 13.9. The molecule has 0 aromatic heterocycles. The molecule has 4 aliphatic carbocycles. The van der Waals surface area contributed by atoms with Crippen LogP contribution in [0.3, 0.4) is 0 Å². The van der Waals surface area contributed by atoms with Crippen LogP contribution >= 0.6 is 0 Å². The molecule has 0 spiro atoms. The number of ether oxygens (including phenoxy) is 2. The van der Waals surface area contributed by atoms with Gasteiger partial charge in [-0.05, 0) is 123 Å². The molecule has 0 aromatic rings. The standard InChI is InChI=1S/C31H52O5/c1-5-22-29(34)28-21(15-16-30(3)23(12-13-25(28)30)19(2)9-14-26(32)33)24-11-10-20(18-31(22,24)4)36-27-8-6-7-17-35-27/h19-25,27-29,34H,5-18H2,1-4H3,(H,32,33)/t19-,20-,21?,22+,23?,24?,25?,27?,28?,29-,30-,31+/m1/s1. The molecule has 4 saturated carbocycles. The Balaban J connectivity index is 1.34. The number of aliphatic hydroxyl groups excluding tert-OH is 1. The molecule has 5 heteroatoms. The van der Waals surface area contributed by atoms with Crippen molar-refractivity contribution >= 4 is 5.97 Å². The van der Waals surface area contributed by atoms with Crippen LogP contribution in [0.5, 0.6) is 0 Å². The van der Waals surface area contributed by atoms with Gasteiger partial charge in [-0.15, -0.1) is 0 Å². The maximum Gasteiger partial charge on any atom is 0.303 e. The van der Waals surface area contributed by atoms with Crippen molar-refractivity contribution in [3.05, 3.63) is 0 Å². The summed E-state index contributed by atoms with van der Waals surface area (Å²) < 4.78 is 12.5.